The molecule has 92 valence electrons. The zero-order valence-electron chi connectivity index (χ0n) is 9.38. The highest BCUT2D eigenvalue weighted by atomic mass is 35.5. The Kier molecular flexibility index (Phi) is 4.47. The molecule has 0 N–H and O–H groups in total. The average molecular weight is 296 g/mol. The minimum absolute atomic E-state index is 0. The van der Waals surface area contributed by atoms with E-state index in [-0.39, 0.29) is 12.4 Å². The fourth-order valence-corrected chi connectivity index (χ4v) is 3.31. The van der Waals surface area contributed by atoms with Gasteiger partial charge in [-0.05, 0) is 11.6 Å². The molecule has 18 heavy (non-hydrogen) atoms. The lowest BCUT2D eigenvalue weighted by Crippen LogP contribution is -3.00. The van der Waals surface area contributed by atoms with E-state index in [0.717, 1.165) is 11.3 Å². The molecule has 3 rings (SSSR count). The Bertz CT molecular complexity index is 627. The zero-order valence-corrected chi connectivity index (χ0v) is 11.8. The summed E-state index contributed by atoms with van der Waals surface area (Å²) in [6.45, 7) is 0.597. The van der Waals surface area contributed by atoms with Crippen LogP contribution in [0.3, 0.4) is 0 Å². The second kappa shape index (κ2) is 6.09. The first kappa shape index (κ1) is 13.2. The molecule has 2 aromatic carbocycles. The van der Waals surface area contributed by atoms with Crippen molar-refractivity contribution in [1.82, 2.24) is 4.37 Å². The number of benzene rings is 2. The summed E-state index contributed by atoms with van der Waals surface area (Å²) in [7, 11) is 3.20. The van der Waals surface area contributed by atoms with E-state index in [1.807, 2.05) is 30.3 Å². The maximum atomic E-state index is 5.74. The molecule has 0 aliphatic rings. The van der Waals surface area contributed by atoms with Crippen molar-refractivity contribution in [2.45, 2.75) is 6.61 Å². The van der Waals surface area contributed by atoms with Crippen molar-refractivity contribution in [3.8, 4) is 5.75 Å². The smallest absolute Gasteiger partial charge is 0.323 e. The van der Waals surface area contributed by atoms with Gasteiger partial charge >= 0.3 is 10.3 Å². The number of hydrogen-bond acceptors (Lipinski definition) is 3. The van der Waals surface area contributed by atoms with Crippen molar-refractivity contribution in [2.75, 3.05) is 0 Å². The van der Waals surface area contributed by atoms with Gasteiger partial charge < -0.3 is 17.1 Å². The Hall–Kier alpha value is -1.23. The molecule has 0 bridgehead atoms. The Morgan fingerprint density at radius 2 is 1.94 bits per heavy atom. The number of ether oxygens (including phenoxy) is 1. The minimum atomic E-state index is 0. The summed E-state index contributed by atoms with van der Waals surface area (Å²) in [6, 6.07) is 16.2. The van der Waals surface area contributed by atoms with Crippen LogP contribution in [0.1, 0.15) is 5.56 Å². The van der Waals surface area contributed by atoms with Gasteiger partial charge in [0.2, 0.25) is 0 Å². The van der Waals surface area contributed by atoms with Crippen molar-refractivity contribution < 1.29 is 17.1 Å². The summed E-state index contributed by atoms with van der Waals surface area (Å²) >= 11 is 0. The van der Waals surface area contributed by atoms with E-state index in [1.54, 1.807) is 10.3 Å². The molecule has 0 aliphatic carbocycles. The number of halogens is 1. The molecule has 0 saturated heterocycles. The van der Waals surface area contributed by atoms with E-state index in [4.69, 9.17) is 4.74 Å². The molecule has 0 atom stereocenters. The molecule has 0 amide bonds. The number of aromatic nitrogens is 1. The lowest BCUT2D eigenvalue weighted by atomic mass is 10.2. The third-order valence-corrected chi connectivity index (χ3v) is 4.30. The van der Waals surface area contributed by atoms with Gasteiger partial charge in [-0.3, -0.25) is 0 Å². The zero-order chi connectivity index (χ0) is 11.5. The molecule has 0 saturated carbocycles. The number of rotatable bonds is 3. The van der Waals surface area contributed by atoms with Crippen LogP contribution in [0.15, 0.2) is 48.5 Å². The van der Waals surface area contributed by atoms with Crippen LogP contribution in [0.2, 0.25) is 0 Å². The van der Waals surface area contributed by atoms with E-state index < -0.39 is 0 Å². The van der Waals surface area contributed by atoms with Crippen LogP contribution in [0, 0.1) is 0 Å². The molecule has 0 spiro atoms. The SMILES string of the molecule is [Cl-].c1ccc(COc2ccc3[s+]snc3c2)cc1. The van der Waals surface area contributed by atoms with Gasteiger partial charge in [-0.25, -0.2) is 0 Å². The fraction of sp³-hybridized carbons (Fsp3) is 0.0769. The lowest BCUT2D eigenvalue weighted by molar-refractivity contribution is -0.00000364. The van der Waals surface area contributed by atoms with Crippen molar-refractivity contribution in [3.05, 3.63) is 54.1 Å². The monoisotopic (exact) mass is 295 g/mol. The highest BCUT2D eigenvalue weighted by Gasteiger charge is 2.09. The van der Waals surface area contributed by atoms with Gasteiger partial charge in [-0.1, -0.05) is 30.3 Å². The van der Waals surface area contributed by atoms with Crippen molar-refractivity contribution in [3.63, 3.8) is 0 Å². The predicted octanol–water partition coefficient (Wildman–Crippen LogP) is 1.22. The molecule has 5 heteroatoms. The number of fused-ring (bicyclic) bond motifs is 1. The topological polar surface area (TPSA) is 22.1 Å². The van der Waals surface area contributed by atoms with Crippen LogP contribution in [-0.2, 0) is 6.61 Å². The van der Waals surface area contributed by atoms with Gasteiger partial charge in [0.25, 0.3) is 15.2 Å². The fourth-order valence-electron chi connectivity index (χ4n) is 1.57. The molecule has 0 fully saturated rings. The van der Waals surface area contributed by atoms with E-state index in [0.29, 0.717) is 6.61 Å². The summed E-state index contributed by atoms with van der Waals surface area (Å²) in [5.74, 6) is 0.874. The Labute approximate surface area is 119 Å². The lowest BCUT2D eigenvalue weighted by Gasteiger charge is -2.04. The molecule has 1 heterocycles. The normalized spacial score (nSPS) is 10.0. The first-order chi connectivity index (χ1) is 8.42. The molecule has 2 nitrogen and oxygen atoms in total. The predicted molar refractivity (Wildman–Crippen MR) is 72.7 cm³/mol. The van der Waals surface area contributed by atoms with Crippen LogP contribution in [0.4, 0.5) is 0 Å². The molecular formula is C13H10ClNOS2. The van der Waals surface area contributed by atoms with Gasteiger partial charge in [0.15, 0.2) is 5.52 Å². The molecular weight excluding hydrogens is 286 g/mol. The van der Waals surface area contributed by atoms with E-state index in [9.17, 15) is 0 Å². The second-order valence-electron chi connectivity index (χ2n) is 3.65. The third-order valence-electron chi connectivity index (χ3n) is 2.44. The summed E-state index contributed by atoms with van der Waals surface area (Å²) in [5.41, 5.74) is 2.19. The van der Waals surface area contributed by atoms with Gasteiger partial charge in [0.05, 0.1) is 0 Å². The Balaban J connectivity index is 0.00000120. The highest BCUT2D eigenvalue weighted by molar-refractivity contribution is 7.69. The summed E-state index contributed by atoms with van der Waals surface area (Å²) in [4.78, 5) is 0. The summed E-state index contributed by atoms with van der Waals surface area (Å²) in [5, 5.41) is 0. The van der Waals surface area contributed by atoms with Crippen LogP contribution in [0.5, 0.6) is 5.75 Å². The Morgan fingerprint density at radius 3 is 2.78 bits per heavy atom. The third kappa shape index (κ3) is 2.96. The number of hydrogen-bond donors (Lipinski definition) is 0. The number of nitrogens with zero attached hydrogens (tertiary/aromatic N) is 1. The summed E-state index contributed by atoms with van der Waals surface area (Å²) < 4.78 is 11.3. The molecule has 3 aromatic rings. The van der Waals surface area contributed by atoms with Gasteiger partial charge in [0.1, 0.15) is 12.4 Å². The molecule has 0 aliphatic heterocycles. The highest BCUT2D eigenvalue weighted by Crippen LogP contribution is 2.26. The molecule has 0 radical (unpaired) electrons. The second-order valence-corrected chi connectivity index (χ2v) is 5.54. The quantitative estimate of drug-likeness (QED) is 0.535. The van der Waals surface area contributed by atoms with Crippen LogP contribution < -0.4 is 17.1 Å². The first-order valence-electron chi connectivity index (χ1n) is 5.27. The minimum Gasteiger partial charge on any atom is -1.00 e. The van der Waals surface area contributed by atoms with E-state index in [2.05, 4.69) is 22.6 Å². The largest absolute Gasteiger partial charge is 1.00 e. The standard InChI is InChI=1S/C13H10NOS2.ClH/c1-2-4-10(5-3-1)9-15-11-6-7-13-12(8-11)14-17-16-13;/h1-8H,9H2;1H/q+1;/p-1. The van der Waals surface area contributed by atoms with E-state index in [1.165, 1.54) is 20.8 Å². The van der Waals surface area contributed by atoms with Crippen LogP contribution >= 0.6 is 20.9 Å². The average Bonchev–Trinajstić information content (AvgIpc) is 2.85. The van der Waals surface area contributed by atoms with E-state index >= 15 is 0 Å². The van der Waals surface area contributed by atoms with Crippen molar-refractivity contribution >= 4 is 31.1 Å². The first-order valence-corrected chi connectivity index (χ1v) is 7.38. The van der Waals surface area contributed by atoms with Crippen molar-refractivity contribution in [2.24, 2.45) is 0 Å². The molecule has 0 unspecified atom stereocenters. The van der Waals surface area contributed by atoms with Gasteiger partial charge in [0, 0.05) is 12.1 Å². The molecule has 1 aromatic heterocycles. The van der Waals surface area contributed by atoms with Crippen LogP contribution in [-0.4, -0.2) is 4.37 Å². The van der Waals surface area contributed by atoms with Crippen molar-refractivity contribution in [1.29, 1.82) is 0 Å². The van der Waals surface area contributed by atoms with Gasteiger partial charge in [-0.2, -0.15) is 0 Å². The maximum absolute atomic E-state index is 5.74. The Morgan fingerprint density at radius 1 is 1.11 bits per heavy atom. The van der Waals surface area contributed by atoms with Crippen LogP contribution in [0.25, 0.3) is 10.2 Å². The maximum Gasteiger partial charge on any atom is 0.323 e. The summed E-state index contributed by atoms with van der Waals surface area (Å²) in [6.07, 6.45) is 0. The van der Waals surface area contributed by atoms with Gasteiger partial charge in [-0.15, -0.1) is 4.37 Å².